The molecule has 0 atom stereocenters. The van der Waals surface area contributed by atoms with Gasteiger partial charge in [0.05, 0.1) is 24.3 Å². The summed E-state index contributed by atoms with van der Waals surface area (Å²) < 4.78 is 12.7. The molecule has 0 bridgehead atoms. The molecule has 0 amide bonds. The van der Waals surface area contributed by atoms with Crippen LogP contribution >= 0.6 is 12.6 Å². The first-order valence-corrected chi connectivity index (χ1v) is 16.0. The molecule has 0 spiro atoms. The quantitative estimate of drug-likeness (QED) is 0.0954. The minimum atomic E-state index is 0.647. The molecule has 4 aromatic rings. The first-order valence-electron chi connectivity index (χ1n) is 15.6. The highest BCUT2D eigenvalue weighted by Crippen LogP contribution is 2.29. The van der Waals surface area contributed by atoms with E-state index in [1.165, 1.54) is 36.8 Å². The Bertz CT molecular complexity index is 1530. The van der Waals surface area contributed by atoms with E-state index in [0.717, 1.165) is 64.3 Å². The molecule has 4 rings (SSSR count). The van der Waals surface area contributed by atoms with Crippen LogP contribution in [-0.4, -0.2) is 13.2 Å². The molecule has 0 aliphatic carbocycles. The van der Waals surface area contributed by atoms with Crippen LogP contribution in [0.4, 0.5) is 0 Å². The summed E-state index contributed by atoms with van der Waals surface area (Å²) >= 11 is 4.40. The number of rotatable bonds is 13. The Hall–Kier alpha value is -4.05. The monoisotopic (exact) mass is 586 g/mol. The predicted molar refractivity (Wildman–Crippen MR) is 183 cm³/mol. The van der Waals surface area contributed by atoms with Crippen molar-refractivity contribution in [2.75, 3.05) is 13.2 Å². The van der Waals surface area contributed by atoms with Crippen molar-refractivity contribution in [1.29, 1.82) is 0 Å². The van der Waals surface area contributed by atoms with E-state index in [0.29, 0.717) is 13.2 Å². The van der Waals surface area contributed by atoms with Crippen molar-refractivity contribution in [2.45, 2.75) is 70.1 Å². The molecule has 0 fully saturated rings. The molecule has 2 nitrogen and oxygen atoms in total. The highest BCUT2D eigenvalue weighted by Gasteiger charge is 2.11. The second kappa shape index (κ2) is 17.8. The van der Waals surface area contributed by atoms with Gasteiger partial charge < -0.3 is 9.47 Å². The van der Waals surface area contributed by atoms with E-state index in [9.17, 15) is 0 Å². The van der Waals surface area contributed by atoms with Crippen molar-refractivity contribution >= 4 is 12.6 Å². The van der Waals surface area contributed by atoms with Gasteiger partial charge >= 0.3 is 0 Å². The van der Waals surface area contributed by atoms with Crippen LogP contribution in [0.25, 0.3) is 11.1 Å². The molecule has 0 saturated heterocycles. The lowest BCUT2D eigenvalue weighted by Gasteiger charge is -2.14. The van der Waals surface area contributed by atoms with E-state index < -0.39 is 0 Å². The standard InChI is InChI=1S/C40H42O2S/c1-3-5-7-12-28-41-39-31-37(25-19-33-20-26-38(43)27-21-33)40(42-29-13-8-6-4-2)30-36(39)24-18-32-16-22-35(23-17-32)34-14-10-9-11-15-34/h9-11,14-17,20-23,26-27,30-31,43H,3-8,12-13,28-29H2,1-2H3. The maximum Gasteiger partial charge on any atom is 0.136 e. The Morgan fingerprint density at radius 3 is 1.47 bits per heavy atom. The van der Waals surface area contributed by atoms with Crippen LogP contribution in [0.2, 0.25) is 0 Å². The maximum absolute atomic E-state index is 6.33. The zero-order valence-corrected chi connectivity index (χ0v) is 26.4. The lowest BCUT2D eigenvalue weighted by atomic mass is 10.0. The summed E-state index contributed by atoms with van der Waals surface area (Å²) in [6.45, 7) is 5.73. The lowest BCUT2D eigenvalue weighted by molar-refractivity contribution is 0.295. The third kappa shape index (κ3) is 10.6. The highest BCUT2D eigenvalue weighted by molar-refractivity contribution is 7.80. The molecule has 3 heteroatoms. The third-order valence-electron chi connectivity index (χ3n) is 7.14. The number of hydrogen-bond acceptors (Lipinski definition) is 3. The Kier molecular flexibility index (Phi) is 13.2. The van der Waals surface area contributed by atoms with Crippen molar-refractivity contribution in [2.24, 2.45) is 0 Å². The molecular formula is C40H42O2S. The van der Waals surface area contributed by atoms with E-state index >= 15 is 0 Å². The van der Waals surface area contributed by atoms with Crippen molar-refractivity contribution < 1.29 is 9.47 Å². The van der Waals surface area contributed by atoms with Gasteiger partial charge in [0.1, 0.15) is 11.5 Å². The predicted octanol–water partition coefficient (Wildman–Crippen LogP) is 10.4. The maximum atomic E-state index is 6.33. The fourth-order valence-electron chi connectivity index (χ4n) is 4.62. The zero-order valence-electron chi connectivity index (χ0n) is 25.5. The molecular weight excluding hydrogens is 545 g/mol. The SMILES string of the molecule is CCCCCCOc1cc(C#Cc2ccc(-c3ccccc3)cc2)c(OCCCCCC)cc1C#Cc1ccc(S)cc1. The summed E-state index contributed by atoms with van der Waals surface area (Å²) in [4.78, 5) is 0.915. The van der Waals surface area contributed by atoms with Gasteiger partial charge in [-0.15, -0.1) is 12.6 Å². The van der Waals surface area contributed by atoms with Crippen LogP contribution in [-0.2, 0) is 0 Å². The van der Waals surface area contributed by atoms with Gasteiger partial charge in [-0.2, -0.15) is 0 Å². The van der Waals surface area contributed by atoms with Crippen molar-refractivity contribution in [3.8, 4) is 46.3 Å². The van der Waals surface area contributed by atoms with Gasteiger partial charge in [0.2, 0.25) is 0 Å². The van der Waals surface area contributed by atoms with Gasteiger partial charge in [-0.3, -0.25) is 0 Å². The van der Waals surface area contributed by atoms with E-state index in [1.54, 1.807) is 0 Å². The average molecular weight is 587 g/mol. The number of thiol groups is 1. The van der Waals surface area contributed by atoms with Gasteiger partial charge in [-0.25, -0.2) is 0 Å². The number of unbranched alkanes of at least 4 members (excludes halogenated alkanes) is 6. The van der Waals surface area contributed by atoms with Gasteiger partial charge in [0.25, 0.3) is 0 Å². The summed E-state index contributed by atoms with van der Waals surface area (Å²) in [5.41, 5.74) is 5.87. The first-order chi connectivity index (χ1) is 21.2. The Morgan fingerprint density at radius 1 is 0.512 bits per heavy atom. The lowest BCUT2D eigenvalue weighted by Crippen LogP contribution is -2.03. The largest absolute Gasteiger partial charge is 0.492 e. The molecule has 0 heterocycles. The topological polar surface area (TPSA) is 18.5 Å². The molecule has 0 radical (unpaired) electrons. The zero-order chi connectivity index (χ0) is 30.1. The van der Waals surface area contributed by atoms with E-state index in [2.05, 4.69) is 98.7 Å². The van der Waals surface area contributed by atoms with Crippen LogP contribution in [0.3, 0.4) is 0 Å². The van der Waals surface area contributed by atoms with Gasteiger partial charge in [-0.1, -0.05) is 119 Å². The fourth-order valence-corrected chi connectivity index (χ4v) is 4.77. The number of hydrogen-bond donors (Lipinski definition) is 1. The molecule has 4 aromatic carbocycles. The first kappa shape index (κ1) is 31.9. The van der Waals surface area contributed by atoms with Crippen LogP contribution in [0.1, 0.15) is 87.5 Å². The number of benzene rings is 4. The summed E-state index contributed by atoms with van der Waals surface area (Å²) in [5.74, 6) is 14.9. The van der Waals surface area contributed by atoms with Crippen LogP contribution in [0.5, 0.6) is 11.5 Å². The molecule has 0 aliphatic heterocycles. The van der Waals surface area contributed by atoms with Crippen molar-refractivity contribution in [3.63, 3.8) is 0 Å². The second-order valence-electron chi connectivity index (χ2n) is 10.7. The summed E-state index contributed by atoms with van der Waals surface area (Å²) in [7, 11) is 0. The van der Waals surface area contributed by atoms with Crippen LogP contribution < -0.4 is 9.47 Å². The Morgan fingerprint density at radius 2 is 0.977 bits per heavy atom. The number of ether oxygens (including phenoxy) is 2. The molecule has 0 aliphatic rings. The molecule has 0 unspecified atom stereocenters. The Balaban J connectivity index is 1.65. The van der Waals surface area contributed by atoms with Crippen molar-refractivity contribution in [3.05, 3.63) is 113 Å². The average Bonchev–Trinajstić information content (AvgIpc) is 3.04. The normalized spacial score (nSPS) is 10.3. The molecule has 0 aromatic heterocycles. The van der Waals surface area contributed by atoms with Crippen LogP contribution in [0, 0.1) is 23.7 Å². The Labute approximate surface area is 264 Å². The minimum Gasteiger partial charge on any atom is -0.492 e. The van der Waals surface area contributed by atoms with Crippen LogP contribution in [0.15, 0.2) is 95.9 Å². The van der Waals surface area contributed by atoms with Gasteiger partial charge in [-0.05, 0) is 60.4 Å². The molecule has 0 saturated carbocycles. The van der Waals surface area contributed by atoms with Gasteiger partial charge in [0, 0.05) is 28.2 Å². The van der Waals surface area contributed by atoms with E-state index in [4.69, 9.17) is 9.47 Å². The molecule has 0 N–H and O–H groups in total. The third-order valence-corrected chi connectivity index (χ3v) is 7.43. The minimum absolute atomic E-state index is 0.647. The van der Waals surface area contributed by atoms with Crippen molar-refractivity contribution in [1.82, 2.24) is 0 Å². The van der Waals surface area contributed by atoms with Gasteiger partial charge in [0.15, 0.2) is 0 Å². The molecule has 220 valence electrons. The second-order valence-corrected chi connectivity index (χ2v) is 11.2. The van der Waals surface area contributed by atoms with E-state index in [-0.39, 0.29) is 0 Å². The fraction of sp³-hybridized carbons (Fsp3) is 0.300. The highest BCUT2D eigenvalue weighted by atomic mass is 32.1. The molecule has 43 heavy (non-hydrogen) atoms. The summed E-state index contributed by atoms with van der Waals surface area (Å²) in [5, 5.41) is 0. The summed E-state index contributed by atoms with van der Waals surface area (Å²) in [6.07, 6.45) is 9.12. The smallest absolute Gasteiger partial charge is 0.136 e. The summed E-state index contributed by atoms with van der Waals surface area (Å²) in [6, 6.07) is 30.6. The van der Waals surface area contributed by atoms with E-state index in [1.807, 2.05) is 42.5 Å².